The molecular weight excluding hydrogens is 351 g/mol. The topological polar surface area (TPSA) is 0 Å². The van der Waals surface area contributed by atoms with Crippen molar-refractivity contribution in [2.24, 2.45) is 0 Å². The van der Waals surface area contributed by atoms with Gasteiger partial charge in [-0.25, -0.2) is 0 Å². The number of hydrogen-bond donors (Lipinski definition) is 0. The minimum atomic E-state index is -0.586. The molecule has 0 N–H and O–H groups in total. The van der Waals surface area contributed by atoms with E-state index in [9.17, 15) is 0 Å². The maximum Gasteiger partial charge on any atom is 0.0157 e. The number of rotatable bonds is 5. The van der Waals surface area contributed by atoms with E-state index in [1.165, 1.54) is 31.6 Å². The Morgan fingerprint density at radius 2 is 1.23 bits per heavy atom. The van der Waals surface area contributed by atoms with Crippen LogP contribution in [-0.4, -0.2) is 5.75 Å². The molecule has 0 atom stereocenters. The minimum Gasteiger partial charge on any atom is -0.126 e. The average molecular weight is 372 g/mol. The van der Waals surface area contributed by atoms with Crippen LogP contribution in [0.5, 0.6) is 0 Å². The molecule has 4 aromatic rings. The van der Waals surface area contributed by atoms with Gasteiger partial charge < -0.3 is 0 Å². The Bertz CT molecular complexity index is 952. The van der Waals surface area contributed by atoms with Crippen LogP contribution in [0.15, 0.2) is 102 Å². The minimum absolute atomic E-state index is 0.586. The summed E-state index contributed by atoms with van der Waals surface area (Å²) in [7, 11) is -0.586. The molecule has 26 heavy (non-hydrogen) atoms. The van der Waals surface area contributed by atoms with Crippen molar-refractivity contribution in [3.05, 3.63) is 97.1 Å². The van der Waals surface area contributed by atoms with Crippen LogP contribution in [0.1, 0.15) is 6.92 Å². The van der Waals surface area contributed by atoms with E-state index in [1.54, 1.807) is 0 Å². The van der Waals surface area contributed by atoms with E-state index >= 15 is 0 Å². The zero-order chi connectivity index (χ0) is 17.8. The summed E-state index contributed by atoms with van der Waals surface area (Å²) in [5.41, 5.74) is 0. The van der Waals surface area contributed by atoms with Crippen LogP contribution in [0.4, 0.5) is 0 Å². The third kappa shape index (κ3) is 3.43. The zero-order valence-corrected chi connectivity index (χ0v) is 16.5. The third-order valence-electron chi connectivity index (χ3n) is 4.41. The van der Waals surface area contributed by atoms with E-state index in [-0.39, 0.29) is 0 Å². The molecule has 0 aliphatic heterocycles. The molecule has 0 saturated heterocycles. The summed E-state index contributed by atoms with van der Waals surface area (Å²) < 4.78 is 0. The van der Waals surface area contributed by atoms with Crippen LogP contribution in [0.3, 0.4) is 0 Å². The summed E-state index contributed by atoms with van der Waals surface area (Å²) in [5.74, 6) is 1.09. The van der Waals surface area contributed by atoms with Crippen molar-refractivity contribution >= 4 is 46.4 Å². The first-order chi connectivity index (χ1) is 12.9. The Balaban J connectivity index is 2.00. The largest absolute Gasteiger partial charge is 0.126 e. The second-order valence-corrected chi connectivity index (χ2v) is 9.56. The second kappa shape index (κ2) is 8.08. The van der Waals surface area contributed by atoms with Gasteiger partial charge in [-0.05, 0) is 41.0 Å². The van der Waals surface area contributed by atoms with Crippen molar-refractivity contribution in [3.8, 4) is 0 Å². The van der Waals surface area contributed by atoms with E-state index in [1.807, 2.05) is 11.8 Å². The Labute approximate surface area is 161 Å². The van der Waals surface area contributed by atoms with E-state index in [4.69, 9.17) is 0 Å². The van der Waals surface area contributed by atoms with Gasteiger partial charge in [0.2, 0.25) is 0 Å². The van der Waals surface area contributed by atoms with E-state index < -0.39 is 7.92 Å². The predicted octanol–water partition coefficient (Wildman–Crippen LogP) is 5.71. The Hall–Kier alpha value is -2.08. The fourth-order valence-electron chi connectivity index (χ4n) is 3.33. The highest BCUT2D eigenvalue weighted by Gasteiger charge is 2.19. The predicted molar refractivity (Wildman–Crippen MR) is 119 cm³/mol. The maximum absolute atomic E-state index is 2.33. The van der Waals surface area contributed by atoms with Crippen molar-refractivity contribution in [3.63, 3.8) is 0 Å². The van der Waals surface area contributed by atoms with Crippen LogP contribution in [0, 0.1) is 0 Å². The summed E-state index contributed by atoms with van der Waals surface area (Å²) in [6.45, 7) is 2.23. The summed E-state index contributed by atoms with van der Waals surface area (Å²) in [5, 5.41) is 7.00. The number of hydrogen-bond acceptors (Lipinski definition) is 1. The molecule has 0 aromatic heterocycles. The SMILES string of the molecule is CCSc1cccc2cccc(P(c3ccccc3)c3ccccc3)c12. The molecule has 2 heteroatoms. The molecule has 0 amide bonds. The monoisotopic (exact) mass is 372 g/mol. The lowest BCUT2D eigenvalue weighted by molar-refractivity contribution is 1.48. The molecule has 128 valence electrons. The fourth-order valence-corrected chi connectivity index (χ4v) is 6.77. The smallest absolute Gasteiger partial charge is 0.0157 e. The summed E-state index contributed by atoms with van der Waals surface area (Å²) in [6, 6.07) is 35.4. The molecule has 0 heterocycles. The molecule has 4 rings (SSSR count). The van der Waals surface area contributed by atoms with Gasteiger partial charge in [0.1, 0.15) is 0 Å². The number of benzene rings is 4. The molecule has 4 aromatic carbocycles. The molecule has 0 spiro atoms. The van der Waals surface area contributed by atoms with Crippen LogP contribution in [0.2, 0.25) is 0 Å². The highest BCUT2D eigenvalue weighted by molar-refractivity contribution is 7.99. The van der Waals surface area contributed by atoms with Crippen LogP contribution in [0.25, 0.3) is 10.8 Å². The maximum atomic E-state index is 2.33. The second-order valence-electron chi connectivity index (χ2n) is 6.07. The molecule has 0 saturated carbocycles. The fraction of sp³-hybridized carbons (Fsp3) is 0.0833. The molecule has 0 unspecified atom stereocenters. The lowest BCUT2D eigenvalue weighted by Crippen LogP contribution is -2.21. The molecule has 0 radical (unpaired) electrons. The summed E-state index contributed by atoms with van der Waals surface area (Å²) in [4.78, 5) is 1.39. The van der Waals surface area contributed by atoms with Gasteiger partial charge >= 0.3 is 0 Å². The summed E-state index contributed by atoms with van der Waals surface area (Å²) in [6.07, 6.45) is 0. The van der Waals surface area contributed by atoms with Crippen molar-refractivity contribution in [1.82, 2.24) is 0 Å². The standard InChI is InChI=1S/C24H21PS/c1-2-26-23-18-10-12-19-11-9-17-22(24(19)23)25(20-13-5-3-6-14-20)21-15-7-4-8-16-21/h3-18H,2H2,1H3. The van der Waals surface area contributed by atoms with E-state index in [2.05, 4.69) is 104 Å². The van der Waals surface area contributed by atoms with Crippen LogP contribution < -0.4 is 15.9 Å². The molecule has 0 nitrogen and oxygen atoms in total. The van der Waals surface area contributed by atoms with Crippen molar-refractivity contribution in [1.29, 1.82) is 0 Å². The van der Waals surface area contributed by atoms with Crippen molar-refractivity contribution < 1.29 is 0 Å². The van der Waals surface area contributed by atoms with Gasteiger partial charge in [0.05, 0.1) is 0 Å². The van der Waals surface area contributed by atoms with Gasteiger partial charge in [0.15, 0.2) is 0 Å². The van der Waals surface area contributed by atoms with Gasteiger partial charge in [0.25, 0.3) is 0 Å². The van der Waals surface area contributed by atoms with Gasteiger partial charge in [-0.2, -0.15) is 0 Å². The average Bonchev–Trinajstić information content (AvgIpc) is 2.70. The molecule has 0 fully saturated rings. The van der Waals surface area contributed by atoms with Crippen molar-refractivity contribution in [2.75, 3.05) is 5.75 Å². The van der Waals surface area contributed by atoms with Crippen LogP contribution in [-0.2, 0) is 0 Å². The first-order valence-corrected chi connectivity index (χ1v) is 11.3. The normalized spacial score (nSPS) is 11.2. The number of fused-ring (bicyclic) bond motifs is 1. The highest BCUT2D eigenvalue weighted by atomic mass is 32.2. The highest BCUT2D eigenvalue weighted by Crippen LogP contribution is 2.38. The van der Waals surface area contributed by atoms with Gasteiger partial charge in [-0.15, -0.1) is 11.8 Å². The van der Waals surface area contributed by atoms with E-state index in [0.717, 1.165) is 5.75 Å². The Morgan fingerprint density at radius 3 is 1.81 bits per heavy atom. The van der Waals surface area contributed by atoms with E-state index in [0.29, 0.717) is 0 Å². The quantitative estimate of drug-likeness (QED) is 0.319. The van der Waals surface area contributed by atoms with Gasteiger partial charge in [0, 0.05) is 10.3 Å². The molecule has 0 aliphatic carbocycles. The van der Waals surface area contributed by atoms with Gasteiger partial charge in [-0.3, -0.25) is 0 Å². The third-order valence-corrected chi connectivity index (χ3v) is 7.84. The van der Waals surface area contributed by atoms with Crippen molar-refractivity contribution in [2.45, 2.75) is 11.8 Å². The molecule has 0 aliphatic rings. The number of thioether (sulfide) groups is 1. The van der Waals surface area contributed by atoms with Crippen LogP contribution >= 0.6 is 19.7 Å². The first-order valence-electron chi connectivity index (χ1n) is 8.93. The lowest BCUT2D eigenvalue weighted by Gasteiger charge is -2.22. The first kappa shape index (κ1) is 17.3. The summed E-state index contributed by atoms with van der Waals surface area (Å²) >= 11 is 1.94. The van der Waals surface area contributed by atoms with Gasteiger partial charge in [-0.1, -0.05) is 97.9 Å². The molecular formula is C24H21PS. The lowest BCUT2D eigenvalue weighted by atomic mass is 10.1. The Kier molecular flexibility index (Phi) is 5.39. The molecule has 0 bridgehead atoms. The Morgan fingerprint density at radius 1 is 0.654 bits per heavy atom. The zero-order valence-electron chi connectivity index (χ0n) is 14.8.